The molecule has 0 bridgehead atoms. The number of hydrogen-bond donors (Lipinski definition) is 3. The first kappa shape index (κ1) is 28.2. The first-order valence-electron chi connectivity index (χ1n) is 11.9. The molecule has 10 heteroatoms. The van der Waals surface area contributed by atoms with Crippen molar-refractivity contribution >= 4 is 29.7 Å². The minimum Gasteiger partial charge on any atom is -0.507 e. The molecule has 0 unspecified atom stereocenters. The molecule has 1 saturated heterocycles. The number of amides is 1. The fourth-order valence-electron chi connectivity index (χ4n) is 5.08. The van der Waals surface area contributed by atoms with Gasteiger partial charge in [0, 0.05) is 29.4 Å². The van der Waals surface area contributed by atoms with Crippen molar-refractivity contribution in [3.8, 4) is 5.75 Å². The van der Waals surface area contributed by atoms with Crippen LogP contribution >= 0.6 is 0 Å². The lowest BCUT2D eigenvalue weighted by atomic mass is 9.79. The Balaban J connectivity index is 1.89. The van der Waals surface area contributed by atoms with Gasteiger partial charge in [-0.05, 0) is 95.3 Å². The molecule has 2 aliphatic heterocycles. The quantitative estimate of drug-likeness (QED) is 0.424. The van der Waals surface area contributed by atoms with Gasteiger partial charge in [0.25, 0.3) is 5.91 Å². The lowest BCUT2D eigenvalue weighted by molar-refractivity contribution is -0.127. The summed E-state index contributed by atoms with van der Waals surface area (Å²) in [5.74, 6) is -0.851. The largest absolute Gasteiger partial charge is 0.507 e. The number of benzene rings is 1. The van der Waals surface area contributed by atoms with Gasteiger partial charge in [-0.25, -0.2) is 4.99 Å². The molecule has 3 N–H and O–H groups in total. The fourth-order valence-corrected chi connectivity index (χ4v) is 5.08. The summed E-state index contributed by atoms with van der Waals surface area (Å²) in [4.78, 5) is 16.6. The summed E-state index contributed by atoms with van der Waals surface area (Å²) < 4.78 is 39.7. The van der Waals surface area contributed by atoms with Crippen LogP contribution in [-0.4, -0.2) is 58.8 Å². The van der Waals surface area contributed by atoms with E-state index < -0.39 is 17.7 Å². The van der Waals surface area contributed by atoms with Crippen molar-refractivity contribution in [2.45, 2.75) is 70.8 Å². The van der Waals surface area contributed by atoms with Crippen LogP contribution in [0.15, 0.2) is 52.1 Å². The first-order valence-corrected chi connectivity index (χ1v) is 11.9. The molecule has 0 radical (unpaired) electrons. The Morgan fingerprint density at radius 2 is 1.84 bits per heavy atom. The number of rotatable bonds is 3. The van der Waals surface area contributed by atoms with Gasteiger partial charge in [-0.15, -0.1) is 0 Å². The van der Waals surface area contributed by atoms with E-state index in [1.807, 2.05) is 13.1 Å². The summed E-state index contributed by atoms with van der Waals surface area (Å²) in [6.07, 6.45) is 1.40. The summed E-state index contributed by atoms with van der Waals surface area (Å²) in [7, 11) is 2.01. The zero-order valence-electron chi connectivity index (χ0n) is 22.0. The number of phenols is 1. The van der Waals surface area contributed by atoms with Crippen LogP contribution in [0.5, 0.6) is 5.75 Å². The number of nitrogens with zero attached hydrogens (tertiary/aromatic N) is 3. The van der Waals surface area contributed by atoms with Gasteiger partial charge in [0.2, 0.25) is 0 Å². The Kier molecular flexibility index (Phi) is 7.74. The lowest BCUT2D eigenvalue weighted by Crippen LogP contribution is -2.62. The van der Waals surface area contributed by atoms with Crippen LogP contribution in [0.4, 0.5) is 13.2 Å². The maximum absolute atomic E-state index is 13.2. The van der Waals surface area contributed by atoms with Crippen LogP contribution in [-0.2, 0) is 4.79 Å². The SMILES string of the molecule is C=NC(=O)C(=CC(C)=c1ccc(=C2C=CC(N(C)C3CC(C)(C)NC(C)(C)C3)=NN2)c(O)c1)C(F)(F)F. The molecule has 1 amide bonds. The number of hydrogen-bond acceptors (Lipinski definition) is 6. The van der Waals surface area contributed by atoms with Crippen molar-refractivity contribution in [3.63, 3.8) is 0 Å². The van der Waals surface area contributed by atoms with Gasteiger partial charge in [-0.1, -0.05) is 6.07 Å². The van der Waals surface area contributed by atoms with Crippen molar-refractivity contribution in [3.05, 3.63) is 52.4 Å². The number of aliphatic imine (C=N–C) groups is 1. The number of hydrazone groups is 1. The number of alkyl halides is 3. The predicted octanol–water partition coefficient (Wildman–Crippen LogP) is 3.10. The lowest BCUT2D eigenvalue weighted by Gasteiger charge is -2.49. The zero-order chi connectivity index (χ0) is 27.8. The van der Waals surface area contributed by atoms with E-state index in [2.05, 4.69) is 60.1 Å². The molecule has 0 atom stereocenters. The third-order valence-electron chi connectivity index (χ3n) is 6.55. The van der Waals surface area contributed by atoms with Crippen molar-refractivity contribution in [2.75, 3.05) is 7.05 Å². The monoisotopic (exact) mass is 517 g/mol. The maximum Gasteiger partial charge on any atom is 0.421 e. The third kappa shape index (κ3) is 6.68. The van der Waals surface area contributed by atoms with E-state index in [0.717, 1.165) is 18.7 Å². The highest BCUT2D eigenvalue weighted by molar-refractivity contribution is 5.99. The third-order valence-corrected chi connectivity index (χ3v) is 6.55. The summed E-state index contributed by atoms with van der Waals surface area (Å²) in [6, 6.07) is 4.77. The normalized spacial score (nSPS) is 22.1. The zero-order valence-corrected chi connectivity index (χ0v) is 22.0. The van der Waals surface area contributed by atoms with E-state index in [1.165, 1.54) is 13.0 Å². The van der Waals surface area contributed by atoms with E-state index in [1.54, 1.807) is 18.2 Å². The summed E-state index contributed by atoms with van der Waals surface area (Å²) in [6.45, 7) is 13.1. The van der Waals surface area contributed by atoms with Crippen molar-refractivity contribution < 1.29 is 23.1 Å². The number of nitrogens with one attached hydrogen (secondary N) is 2. The summed E-state index contributed by atoms with van der Waals surface area (Å²) in [5.41, 5.74) is 2.20. The molecule has 0 aliphatic carbocycles. The minimum absolute atomic E-state index is 0.0153. The molecule has 0 aromatic heterocycles. The number of piperidine rings is 1. The van der Waals surface area contributed by atoms with Gasteiger partial charge >= 0.3 is 6.18 Å². The number of allylic oxidation sites excluding steroid dienone is 1. The molecule has 200 valence electrons. The van der Waals surface area contributed by atoms with Crippen LogP contribution in [0.1, 0.15) is 47.5 Å². The second-order valence-electron chi connectivity index (χ2n) is 10.8. The average Bonchev–Trinajstić information content (AvgIpc) is 2.78. The van der Waals surface area contributed by atoms with Crippen LogP contribution in [0.2, 0.25) is 0 Å². The van der Waals surface area contributed by atoms with Crippen molar-refractivity contribution in [1.29, 1.82) is 0 Å². The second kappa shape index (κ2) is 10.2. The van der Waals surface area contributed by atoms with Crippen LogP contribution < -0.4 is 21.2 Å². The highest BCUT2D eigenvalue weighted by Gasteiger charge is 2.40. The van der Waals surface area contributed by atoms with Gasteiger partial charge in [0.15, 0.2) is 0 Å². The van der Waals surface area contributed by atoms with Crippen LogP contribution in [0.3, 0.4) is 0 Å². The number of likely N-dealkylation sites (N-methyl/N-ethyl adjacent to an activating group) is 1. The molecule has 2 aliphatic rings. The highest BCUT2D eigenvalue weighted by Crippen LogP contribution is 2.31. The van der Waals surface area contributed by atoms with E-state index >= 15 is 0 Å². The Labute approximate surface area is 214 Å². The van der Waals surface area contributed by atoms with Crippen LogP contribution in [0.25, 0.3) is 11.3 Å². The van der Waals surface area contributed by atoms with Gasteiger partial charge in [-0.2, -0.15) is 18.3 Å². The smallest absolute Gasteiger partial charge is 0.421 e. The molecule has 7 nitrogen and oxygen atoms in total. The molecule has 1 aromatic carbocycles. The minimum atomic E-state index is -4.88. The molecule has 2 heterocycles. The number of halogens is 3. The molecule has 0 saturated carbocycles. The highest BCUT2D eigenvalue weighted by atomic mass is 19.4. The van der Waals surface area contributed by atoms with Crippen LogP contribution in [0, 0.1) is 0 Å². The number of carbonyl (C=O) groups is 1. The average molecular weight is 518 g/mol. The van der Waals surface area contributed by atoms with E-state index in [0.29, 0.717) is 22.2 Å². The van der Waals surface area contributed by atoms with Gasteiger partial charge in [0.1, 0.15) is 17.2 Å². The first-order chi connectivity index (χ1) is 17.0. The van der Waals surface area contributed by atoms with E-state index in [-0.39, 0.29) is 28.4 Å². The molecular weight excluding hydrogens is 483 g/mol. The number of amidine groups is 1. The molecule has 3 rings (SSSR count). The van der Waals surface area contributed by atoms with Gasteiger partial charge in [-0.3, -0.25) is 10.2 Å². The Morgan fingerprint density at radius 3 is 2.32 bits per heavy atom. The van der Waals surface area contributed by atoms with Crippen molar-refractivity contribution in [1.82, 2.24) is 15.6 Å². The standard InChI is InChI=1S/C27H34F3N5O2/c1-16(12-20(24(37)31-6)27(28,29)30)17-8-9-19(22(36)13-17)21-10-11-23(33-32-21)35(7)18-14-25(2,3)34-26(4,5)15-18/h8-13,18,32,34,36H,6,14-15H2,1-5,7H3. The van der Waals surface area contributed by atoms with Gasteiger partial charge < -0.3 is 15.3 Å². The molecule has 1 fully saturated rings. The maximum atomic E-state index is 13.2. The molecule has 37 heavy (non-hydrogen) atoms. The van der Waals surface area contributed by atoms with E-state index in [9.17, 15) is 23.1 Å². The number of phenolic OH excluding ortho intramolecular Hbond substituents is 1. The number of carbonyl (C=O) groups excluding carboxylic acids is 1. The van der Waals surface area contributed by atoms with Crippen molar-refractivity contribution in [2.24, 2.45) is 10.1 Å². The Morgan fingerprint density at radius 1 is 1.22 bits per heavy atom. The van der Waals surface area contributed by atoms with Gasteiger partial charge in [0.05, 0.1) is 5.70 Å². The summed E-state index contributed by atoms with van der Waals surface area (Å²) in [5, 5.41) is 19.6. The topological polar surface area (TPSA) is 89.3 Å². The second-order valence-corrected chi connectivity index (χ2v) is 10.8. The summed E-state index contributed by atoms with van der Waals surface area (Å²) >= 11 is 0. The molecule has 0 spiro atoms. The fraction of sp³-hybridized carbons (Fsp3) is 0.444. The molecule has 1 aromatic rings. The Hall–Kier alpha value is -3.40. The predicted molar refractivity (Wildman–Crippen MR) is 140 cm³/mol. The van der Waals surface area contributed by atoms with E-state index in [4.69, 9.17) is 0 Å². The number of aromatic hydroxyl groups is 1. The molecular formula is C27H34F3N5O2. The Bertz CT molecular complexity index is 1290.